The zero-order valence-corrected chi connectivity index (χ0v) is 8.08. The second-order valence-electron chi connectivity index (χ2n) is 2.85. The highest BCUT2D eigenvalue weighted by molar-refractivity contribution is 5.89. The van der Waals surface area contributed by atoms with Crippen LogP contribution in [0.5, 0.6) is 0 Å². The van der Waals surface area contributed by atoms with Crippen molar-refractivity contribution in [2.75, 3.05) is 17.6 Å². The molecule has 0 saturated carbocycles. The van der Waals surface area contributed by atoms with Gasteiger partial charge in [-0.05, 0) is 18.6 Å². The number of nitrogen functional groups attached to an aromatic ring is 1. The van der Waals surface area contributed by atoms with Gasteiger partial charge in [0, 0.05) is 6.54 Å². The Balaban J connectivity index is 2.44. The quantitative estimate of drug-likeness (QED) is 0.676. The Morgan fingerprint density at radius 3 is 2.93 bits per heavy atom. The molecule has 0 radical (unpaired) electrons. The van der Waals surface area contributed by atoms with E-state index in [1.165, 1.54) is 6.20 Å². The summed E-state index contributed by atoms with van der Waals surface area (Å²) in [6.45, 7) is 2.65. The largest absolute Gasteiger partial charge is 0.384 e. The maximum absolute atomic E-state index is 11.2. The minimum Gasteiger partial charge on any atom is -0.384 e. The zero-order chi connectivity index (χ0) is 10.4. The molecule has 1 aromatic heterocycles. The molecular formula is C9H14N4O. The monoisotopic (exact) mass is 194 g/mol. The maximum Gasteiger partial charge on any atom is 0.319 e. The minimum absolute atomic E-state index is 0.224. The summed E-state index contributed by atoms with van der Waals surface area (Å²) < 4.78 is 0. The highest BCUT2D eigenvalue weighted by atomic mass is 16.2. The van der Waals surface area contributed by atoms with E-state index >= 15 is 0 Å². The van der Waals surface area contributed by atoms with Gasteiger partial charge in [-0.1, -0.05) is 6.92 Å². The number of hydrogen-bond donors (Lipinski definition) is 3. The van der Waals surface area contributed by atoms with Crippen molar-refractivity contribution in [2.24, 2.45) is 0 Å². The number of nitrogens with one attached hydrogen (secondary N) is 2. The molecule has 4 N–H and O–H groups in total. The van der Waals surface area contributed by atoms with Crippen molar-refractivity contribution in [3.8, 4) is 0 Å². The van der Waals surface area contributed by atoms with E-state index < -0.39 is 0 Å². The number of nitrogens with zero attached hydrogens (tertiary/aromatic N) is 1. The van der Waals surface area contributed by atoms with E-state index in [9.17, 15) is 4.79 Å². The lowest BCUT2D eigenvalue weighted by molar-refractivity contribution is 0.252. The highest BCUT2D eigenvalue weighted by Gasteiger charge is 1.99. The summed E-state index contributed by atoms with van der Waals surface area (Å²) in [5.74, 6) is 0.435. The van der Waals surface area contributed by atoms with Crippen LogP contribution in [-0.2, 0) is 0 Å². The lowest BCUT2D eigenvalue weighted by atomic mass is 10.4. The molecule has 0 spiro atoms. The molecule has 0 aliphatic carbocycles. The Bertz CT molecular complexity index is 296. The number of nitrogens with two attached hydrogens (primary N) is 1. The van der Waals surface area contributed by atoms with Crippen molar-refractivity contribution in [3.05, 3.63) is 18.3 Å². The molecular weight excluding hydrogens is 180 g/mol. The van der Waals surface area contributed by atoms with Crippen molar-refractivity contribution in [2.45, 2.75) is 13.3 Å². The lowest BCUT2D eigenvalue weighted by Crippen LogP contribution is -2.29. The van der Waals surface area contributed by atoms with Crippen LogP contribution in [0.2, 0.25) is 0 Å². The van der Waals surface area contributed by atoms with E-state index in [0.717, 1.165) is 6.42 Å². The second kappa shape index (κ2) is 5.06. The third kappa shape index (κ3) is 3.30. The molecule has 0 aliphatic heterocycles. The van der Waals surface area contributed by atoms with E-state index in [4.69, 9.17) is 5.73 Å². The summed E-state index contributed by atoms with van der Waals surface area (Å²) in [7, 11) is 0. The number of carbonyl (C=O) groups excluding carboxylic acids is 1. The second-order valence-corrected chi connectivity index (χ2v) is 2.85. The molecule has 0 aliphatic rings. The summed E-state index contributed by atoms with van der Waals surface area (Å²) in [6, 6.07) is 3.11. The van der Waals surface area contributed by atoms with Crippen LogP contribution in [0.3, 0.4) is 0 Å². The Morgan fingerprint density at radius 1 is 1.57 bits per heavy atom. The molecule has 0 fully saturated rings. The van der Waals surface area contributed by atoms with Gasteiger partial charge in [0.15, 0.2) is 0 Å². The fourth-order valence-corrected chi connectivity index (χ4v) is 0.893. The van der Waals surface area contributed by atoms with Gasteiger partial charge >= 0.3 is 6.03 Å². The lowest BCUT2D eigenvalue weighted by Gasteiger charge is -2.05. The Hall–Kier alpha value is -1.78. The molecule has 76 valence electrons. The van der Waals surface area contributed by atoms with Crippen molar-refractivity contribution < 1.29 is 4.79 Å². The van der Waals surface area contributed by atoms with Gasteiger partial charge in [-0.15, -0.1) is 0 Å². The molecule has 5 nitrogen and oxygen atoms in total. The first kappa shape index (κ1) is 10.3. The SMILES string of the molecule is CCCNC(=O)Nc1ccc(N)nc1. The third-order valence-electron chi connectivity index (χ3n) is 1.58. The number of hydrogen-bond acceptors (Lipinski definition) is 3. The number of pyridine rings is 1. The predicted molar refractivity (Wildman–Crippen MR) is 56.0 cm³/mol. The maximum atomic E-state index is 11.2. The first-order valence-corrected chi connectivity index (χ1v) is 4.48. The van der Waals surface area contributed by atoms with Gasteiger partial charge in [0.2, 0.25) is 0 Å². The highest BCUT2D eigenvalue weighted by Crippen LogP contribution is 2.06. The summed E-state index contributed by atoms with van der Waals surface area (Å²) in [6.07, 6.45) is 2.42. The van der Waals surface area contributed by atoms with Crippen molar-refractivity contribution >= 4 is 17.5 Å². The van der Waals surface area contributed by atoms with Crippen molar-refractivity contribution in [1.29, 1.82) is 0 Å². The van der Waals surface area contributed by atoms with Crippen LogP contribution in [-0.4, -0.2) is 17.6 Å². The molecule has 0 saturated heterocycles. The van der Waals surface area contributed by atoms with Gasteiger partial charge in [0.1, 0.15) is 5.82 Å². The molecule has 14 heavy (non-hydrogen) atoms. The van der Waals surface area contributed by atoms with E-state index in [1.807, 2.05) is 6.92 Å². The van der Waals surface area contributed by atoms with Crippen LogP contribution in [0.1, 0.15) is 13.3 Å². The fourth-order valence-electron chi connectivity index (χ4n) is 0.893. The fraction of sp³-hybridized carbons (Fsp3) is 0.333. The molecule has 1 aromatic rings. The van der Waals surface area contributed by atoms with E-state index in [1.54, 1.807) is 12.1 Å². The molecule has 1 rings (SSSR count). The van der Waals surface area contributed by atoms with Crippen LogP contribution in [0.4, 0.5) is 16.3 Å². The Kier molecular flexibility index (Phi) is 3.72. The smallest absolute Gasteiger partial charge is 0.319 e. The van der Waals surface area contributed by atoms with Crippen LogP contribution >= 0.6 is 0 Å². The summed E-state index contributed by atoms with van der Waals surface area (Å²) in [5.41, 5.74) is 6.03. The van der Waals surface area contributed by atoms with Gasteiger partial charge in [-0.3, -0.25) is 0 Å². The van der Waals surface area contributed by atoms with Gasteiger partial charge in [-0.2, -0.15) is 0 Å². The number of anilines is 2. The van der Waals surface area contributed by atoms with Crippen LogP contribution in [0.25, 0.3) is 0 Å². The molecule has 0 bridgehead atoms. The van der Waals surface area contributed by atoms with Crippen LogP contribution < -0.4 is 16.4 Å². The van der Waals surface area contributed by atoms with Crippen molar-refractivity contribution in [1.82, 2.24) is 10.3 Å². The van der Waals surface area contributed by atoms with Crippen LogP contribution in [0.15, 0.2) is 18.3 Å². The van der Waals surface area contributed by atoms with E-state index in [-0.39, 0.29) is 6.03 Å². The summed E-state index contributed by atoms with van der Waals surface area (Å²) in [5, 5.41) is 5.32. The van der Waals surface area contributed by atoms with Gasteiger partial charge in [-0.25, -0.2) is 9.78 Å². The average molecular weight is 194 g/mol. The van der Waals surface area contributed by atoms with Crippen molar-refractivity contribution in [3.63, 3.8) is 0 Å². The number of aromatic nitrogens is 1. The zero-order valence-electron chi connectivity index (χ0n) is 8.08. The summed E-state index contributed by atoms with van der Waals surface area (Å²) in [4.78, 5) is 15.0. The molecule has 5 heteroatoms. The topological polar surface area (TPSA) is 80.0 Å². The summed E-state index contributed by atoms with van der Waals surface area (Å²) >= 11 is 0. The number of carbonyl (C=O) groups is 1. The normalized spacial score (nSPS) is 9.50. The number of rotatable bonds is 3. The van der Waals surface area contributed by atoms with E-state index in [0.29, 0.717) is 18.1 Å². The minimum atomic E-state index is -0.224. The van der Waals surface area contributed by atoms with Gasteiger partial charge in [0.05, 0.1) is 11.9 Å². The average Bonchev–Trinajstić information content (AvgIpc) is 2.18. The molecule has 0 aromatic carbocycles. The van der Waals surface area contributed by atoms with Gasteiger partial charge in [0.25, 0.3) is 0 Å². The molecule has 2 amide bonds. The number of amides is 2. The van der Waals surface area contributed by atoms with Crippen LogP contribution in [0, 0.1) is 0 Å². The predicted octanol–water partition coefficient (Wildman–Crippen LogP) is 1.20. The first-order chi connectivity index (χ1) is 6.72. The van der Waals surface area contributed by atoms with Gasteiger partial charge < -0.3 is 16.4 Å². The number of urea groups is 1. The third-order valence-corrected chi connectivity index (χ3v) is 1.58. The standard InChI is InChI=1S/C9H14N4O/c1-2-5-11-9(14)13-7-3-4-8(10)12-6-7/h3-4,6H,2,5H2,1H3,(H2,10,12)(H2,11,13,14). The first-order valence-electron chi connectivity index (χ1n) is 4.48. The Labute approximate surface area is 82.7 Å². The molecule has 1 heterocycles. The van der Waals surface area contributed by atoms with E-state index in [2.05, 4.69) is 15.6 Å². The molecule has 0 atom stereocenters. The molecule has 0 unspecified atom stereocenters. The Morgan fingerprint density at radius 2 is 2.36 bits per heavy atom.